The number of halogens is 4. The van der Waals surface area contributed by atoms with Crippen molar-refractivity contribution in [1.82, 2.24) is 4.98 Å². The molecule has 11 heteroatoms. The molecule has 2 N–H and O–H groups in total. The summed E-state index contributed by atoms with van der Waals surface area (Å²) in [7, 11) is -3.57. The number of aromatic nitrogens is 1. The Kier molecular flexibility index (Phi) is 8.04. The number of fused-ring (bicyclic) bond motifs is 1. The van der Waals surface area contributed by atoms with Gasteiger partial charge in [-0.25, -0.2) is 31.4 Å². The maximum atomic E-state index is 14.7. The van der Waals surface area contributed by atoms with E-state index in [1.54, 1.807) is 20.8 Å². The zero-order valence-corrected chi connectivity index (χ0v) is 24.4. The molecule has 3 rings (SSSR count). The molecule has 1 aliphatic rings. The van der Waals surface area contributed by atoms with Crippen molar-refractivity contribution in [3.63, 3.8) is 0 Å². The van der Waals surface area contributed by atoms with Crippen LogP contribution in [0.4, 0.5) is 18.0 Å². The predicted octanol–water partition coefficient (Wildman–Crippen LogP) is 5.31. The lowest BCUT2D eigenvalue weighted by molar-refractivity contribution is -0.0748. The number of ether oxygens (including phenoxy) is 1. The van der Waals surface area contributed by atoms with Gasteiger partial charge in [-0.05, 0) is 64.5 Å². The van der Waals surface area contributed by atoms with Crippen LogP contribution in [-0.2, 0) is 39.4 Å². The van der Waals surface area contributed by atoms with E-state index >= 15 is 0 Å². The third kappa shape index (κ3) is 5.86. The highest BCUT2D eigenvalue weighted by molar-refractivity contribution is 9.10. The van der Waals surface area contributed by atoms with Crippen LogP contribution in [0.5, 0.6) is 0 Å². The van der Waals surface area contributed by atoms with Crippen molar-refractivity contribution < 1.29 is 31.1 Å². The zero-order valence-electron chi connectivity index (χ0n) is 22.0. The fraction of sp³-hybridized carbons (Fsp3) is 0.481. The van der Waals surface area contributed by atoms with Gasteiger partial charge in [-0.15, -0.1) is 0 Å². The van der Waals surface area contributed by atoms with Crippen molar-refractivity contribution in [2.45, 2.75) is 70.4 Å². The summed E-state index contributed by atoms with van der Waals surface area (Å²) in [6.07, 6.45) is -1.52. The van der Waals surface area contributed by atoms with Gasteiger partial charge < -0.3 is 10.5 Å². The summed E-state index contributed by atoms with van der Waals surface area (Å²) in [5.41, 5.74) is 4.32. The molecular weight excluding hydrogens is 585 g/mol. The van der Waals surface area contributed by atoms with Crippen molar-refractivity contribution in [3.8, 4) is 11.8 Å². The Hall–Kier alpha value is -2.58. The Morgan fingerprint density at radius 2 is 1.68 bits per heavy atom. The molecule has 6 nitrogen and oxygen atoms in total. The first-order chi connectivity index (χ1) is 17.3. The lowest BCUT2D eigenvalue weighted by Crippen LogP contribution is -2.48. The topological polar surface area (TPSA) is 99.3 Å². The molecule has 38 heavy (non-hydrogen) atoms. The van der Waals surface area contributed by atoms with E-state index in [1.807, 2.05) is 0 Å². The number of benzene rings is 1. The van der Waals surface area contributed by atoms with Crippen LogP contribution >= 0.6 is 15.9 Å². The second-order valence-corrected chi connectivity index (χ2v) is 14.4. The number of rotatable bonds is 5. The van der Waals surface area contributed by atoms with Crippen molar-refractivity contribution in [2.75, 3.05) is 6.26 Å². The molecule has 0 radical (unpaired) electrons. The summed E-state index contributed by atoms with van der Waals surface area (Å²) in [5, 5.41) is 0. The van der Waals surface area contributed by atoms with Crippen molar-refractivity contribution in [3.05, 3.63) is 62.4 Å². The van der Waals surface area contributed by atoms with Crippen LogP contribution < -0.4 is 5.73 Å². The molecule has 0 fully saturated rings. The Labute approximate surface area is 229 Å². The standard InChI is InChI=1S/C27H30BrF3N2O4S/c1-25(2,3)27(37-24(32)34,14-15-9-16(29)11-17(30)10-15)23-22(28)20-13-18(31)12-19(20)21(33-23)7-8-26(4,5)38(6,35)36/h9-11,18H,12-14H2,1-6H3,(H2,32,34)/t18?,27-/m1/s1. The van der Waals surface area contributed by atoms with Gasteiger partial charge in [0.05, 0.1) is 0 Å². The molecule has 206 valence electrons. The van der Waals surface area contributed by atoms with Crippen LogP contribution in [-0.4, -0.2) is 36.7 Å². The Morgan fingerprint density at radius 1 is 1.13 bits per heavy atom. The van der Waals surface area contributed by atoms with E-state index in [-0.39, 0.29) is 36.2 Å². The third-order valence-corrected chi connectivity index (χ3v) is 9.66. The maximum absolute atomic E-state index is 14.7. The molecular formula is C27H30BrF3N2O4S. The van der Waals surface area contributed by atoms with Gasteiger partial charge in [0.2, 0.25) is 0 Å². The molecule has 1 aromatic carbocycles. The Balaban J connectivity index is 2.39. The van der Waals surface area contributed by atoms with Crippen LogP contribution in [0.25, 0.3) is 0 Å². The minimum absolute atomic E-state index is 0.0127. The number of alkyl halides is 1. The number of hydrogen-bond donors (Lipinski definition) is 1. The van der Waals surface area contributed by atoms with Gasteiger partial charge in [-0.2, -0.15) is 0 Å². The van der Waals surface area contributed by atoms with Crippen molar-refractivity contribution in [1.29, 1.82) is 0 Å². The van der Waals surface area contributed by atoms with Gasteiger partial charge in [0.25, 0.3) is 0 Å². The van der Waals surface area contributed by atoms with E-state index in [0.717, 1.165) is 24.5 Å². The molecule has 1 aliphatic carbocycles. The molecule has 0 spiro atoms. The first-order valence-electron chi connectivity index (χ1n) is 11.8. The van der Waals surface area contributed by atoms with E-state index in [4.69, 9.17) is 15.5 Å². The van der Waals surface area contributed by atoms with Gasteiger partial charge in [0, 0.05) is 41.5 Å². The highest BCUT2D eigenvalue weighted by Gasteiger charge is 2.51. The third-order valence-electron chi connectivity index (χ3n) is 6.85. The van der Waals surface area contributed by atoms with Crippen LogP contribution in [0.15, 0.2) is 22.7 Å². The van der Waals surface area contributed by atoms with Gasteiger partial charge in [0.1, 0.15) is 33.9 Å². The number of hydrogen-bond acceptors (Lipinski definition) is 5. The highest BCUT2D eigenvalue weighted by Crippen LogP contribution is 2.49. The number of nitrogens with zero attached hydrogens (tertiary/aromatic N) is 1. The first kappa shape index (κ1) is 30.0. The molecule has 0 saturated heterocycles. The molecule has 1 heterocycles. The summed E-state index contributed by atoms with van der Waals surface area (Å²) in [6, 6.07) is 2.95. The zero-order chi connectivity index (χ0) is 28.8. The second kappa shape index (κ2) is 10.2. The number of pyridine rings is 1. The molecule has 2 aromatic rings. The average molecular weight is 616 g/mol. The lowest BCUT2D eigenvalue weighted by atomic mass is 9.70. The summed E-state index contributed by atoms with van der Waals surface area (Å²) in [4.78, 5) is 17.0. The SMILES string of the molecule is CC(C)(C)[C@](Cc1cc(F)cc(F)c1)(OC(N)=O)c1nc(C#CC(C)(C)S(C)(=O)=O)c2c(c1Br)CC(F)C2. The monoisotopic (exact) mass is 614 g/mol. The smallest absolute Gasteiger partial charge is 0.405 e. The number of nitrogens with two attached hydrogens (primary N) is 1. The van der Waals surface area contributed by atoms with Gasteiger partial charge in [-0.1, -0.05) is 26.7 Å². The van der Waals surface area contributed by atoms with Gasteiger partial charge >= 0.3 is 6.09 Å². The number of carbonyl (C=O) groups excluding carboxylic acids is 1. The minimum atomic E-state index is -3.57. The Morgan fingerprint density at radius 3 is 2.18 bits per heavy atom. The summed E-state index contributed by atoms with van der Waals surface area (Å²) < 4.78 is 72.1. The highest BCUT2D eigenvalue weighted by atomic mass is 79.9. The molecule has 1 aromatic heterocycles. The molecule has 2 atom stereocenters. The molecule has 0 bridgehead atoms. The second-order valence-electron chi connectivity index (χ2n) is 11.1. The minimum Gasteiger partial charge on any atom is -0.436 e. The van der Waals surface area contributed by atoms with Crippen LogP contribution in [0, 0.1) is 28.9 Å². The molecule has 1 unspecified atom stereocenters. The van der Waals surface area contributed by atoms with E-state index in [9.17, 15) is 26.4 Å². The average Bonchev–Trinajstić information content (AvgIpc) is 3.12. The van der Waals surface area contributed by atoms with Crippen LogP contribution in [0.2, 0.25) is 0 Å². The number of primary amides is 1. The fourth-order valence-electron chi connectivity index (χ4n) is 4.38. The van der Waals surface area contributed by atoms with E-state index in [1.165, 1.54) is 13.8 Å². The maximum Gasteiger partial charge on any atom is 0.405 e. The molecule has 0 aliphatic heterocycles. The van der Waals surface area contributed by atoms with E-state index in [2.05, 4.69) is 27.8 Å². The lowest BCUT2D eigenvalue weighted by Gasteiger charge is -2.44. The summed E-state index contributed by atoms with van der Waals surface area (Å²) in [6.45, 7) is 8.11. The summed E-state index contributed by atoms with van der Waals surface area (Å²) in [5.74, 6) is 3.91. The number of amides is 1. The molecule has 1 amide bonds. The normalized spacial score (nSPS) is 17.3. The van der Waals surface area contributed by atoms with E-state index in [0.29, 0.717) is 15.6 Å². The van der Waals surface area contributed by atoms with Crippen molar-refractivity contribution in [2.24, 2.45) is 11.1 Å². The van der Waals surface area contributed by atoms with Crippen molar-refractivity contribution >= 4 is 31.9 Å². The van der Waals surface area contributed by atoms with Gasteiger partial charge in [0.15, 0.2) is 15.4 Å². The largest absolute Gasteiger partial charge is 0.436 e. The summed E-state index contributed by atoms with van der Waals surface area (Å²) >= 11 is 3.52. The predicted molar refractivity (Wildman–Crippen MR) is 142 cm³/mol. The van der Waals surface area contributed by atoms with Crippen LogP contribution in [0.1, 0.15) is 62.7 Å². The quantitative estimate of drug-likeness (QED) is 0.460. The number of carbonyl (C=O) groups is 1. The Bertz CT molecular complexity index is 1440. The number of sulfone groups is 1. The first-order valence-corrected chi connectivity index (χ1v) is 14.5. The molecule has 0 saturated carbocycles. The fourth-order valence-corrected chi connectivity index (χ4v) is 5.43. The van der Waals surface area contributed by atoms with Gasteiger partial charge in [-0.3, -0.25) is 0 Å². The van der Waals surface area contributed by atoms with E-state index < -0.39 is 49.5 Å². The van der Waals surface area contributed by atoms with Crippen LogP contribution in [0.3, 0.4) is 0 Å².